The maximum absolute atomic E-state index is 9.25. The molecule has 4 aromatic carbocycles. The smallest absolute Gasteiger partial charge is 0.138 e. The fourth-order valence-electron chi connectivity index (χ4n) is 4.62. The molecular weight excluding hydrogens is 616 g/mol. The molecule has 4 aromatic heterocycles. The quantitative estimate of drug-likeness (QED) is 0.204. The van der Waals surface area contributed by atoms with Gasteiger partial charge in [-0.15, -0.1) is 20.4 Å². The molecule has 0 fully saturated rings. The molecule has 0 aliphatic rings. The van der Waals surface area contributed by atoms with Crippen LogP contribution >= 0.6 is 0 Å². The zero-order valence-electron chi connectivity index (χ0n) is 26.4. The van der Waals surface area contributed by atoms with E-state index in [-0.39, 0.29) is 19.9 Å². The van der Waals surface area contributed by atoms with E-state index >= 15 is 0 Å². The Balaban J connectivity index is 0.000000126. The molecule has 0 amide bonds. The molecule has 4 N–H and O–H groups in total. The predicted octanol–water partition coefficient (Wildman–Crippen LogP) is 1.95. The summed E-state index contributed by atoms with van der Waals surface area (Å²) in [4.78, 5) is 0. The van der Waals surface area contributed by atoms with Crippen LogP contribution in [0.4, 0.5) is 0 Å². The van der Waals surface area contributed by atoms with Gasteiger partial charge in [0.15, 0.2) is 0 Å². The summed E-state index contributed by atoms with van der Waals surface area (Å²) in [6.07, 6.45) is -1.19. The van der Waals surface area contributed by atoms with Crippen molar-refractivity contribution in [1.29, 1.82) is 0 Å². The van der Waals surface area contributed by atoms with Crippen LogP contribution < -0.4 is 0 Å². The van der Waals surface area contributed by atoms with Gasteiger partial charge in [0.05, 0.1) is 54.0 Å². The van der Waals surface area contributed by atoms with Gasteiger partial charge in [-0.25, -0.2) is 18.7 Å². The van der Waals surface area contributed by atoms with E-state index in [9.17, 15) is 10.2 Å². The van der Waals surface area contributed by atoms with Gasteiger partial charge in [-0.2, -0.15) is 0 Å². The number of hydrogen-bond acceptors (Lipinski definition) is 12. The summed E-state index contributed by atoms with van der Waals surface area (Å²) in [6, 6.07) is 30.6. The Bertz CT molecular complexity index is 2170. The molecule has 0 spiro atoms. The third-order valence-corrected chi connectivity index (χ3v) is 6.94. The average molecular weight is 653 g/mol. The lowest BCUT2D eigenvalue weighted by atomic mass is 10.3. The van der Waals surface area contributed by atoms with Crippen molar-refractivity contribution < 1.29 is 20.4 Å². The fourth-order valence-corrected chi connectivity index (χ4v) is 4.62. The number of nitrogens with zero attached hydrogens (tertiary/aromatic N) is 12. The lowest BCUT2D eigenvalue weighted by molar-refractivity contribution is 0.0788. The first-order valence-corrected chi connectivity index (χ1v) is 15.0. The van der Waals surface area contributed by atoms with E-state index in [4.69, 9.17) is 10.2 Å². The highest BCUT2D eigenvalue weighted by atomic mass is 16.3. The van der Waals surface area contributed by atoms with Crippen molar-refractivity contribution in [2.24, 2.45) is 7.05 Å². The van der Waals surface area contributed by atoms with Gasteiger partial charge < -0.3 is 20.4 Å². The van der Waals surface area contributed by atoms with E-state index < -0.39 is 12.2 Å². The number of aromatic nitrogens is 12. The van der Waals surface area contributed by atoms with Gasteiger partial charge >= 0.3 is 0 Å². The summed E-state index contributed by atoms with van der Waals surface area (Å²) in [7, 11) is 1.88. The monoisotopic (exact) mass is 652 g/mol. The maximum Gasteiger partial charge on any atom is 0.138 e. The number of para-hydroxylation sites is 4. The Morgan fingerprint density at radius 3 is 1.33 bits per heavy atom. The minimum Gasteiger partial charge on any atom is -0.394 e. The van der Waals surface area contributed by atoms with Crippen LogP contribution in [0.5, 0.6) is 0 Å². The predicted molar refractivity (Wildman–Crippen MR) is 178 cm³/mol. The molecule has 248 valence electrons. The Kier molecular flexibility index (Phi) is 11.4. The van der Waals surface area contributed by atoms with Gasteiger partial charge in [-0.3, -0.25) is 0 Å². The first kappa shape index (κ1) is 33.7. The summed E-state index contributed by atoms with van der Waals surface area (Å²) < 4.78 is 6.49. The first-order valence-electron chi connectivity index (χ1n) is 15.0. The Morgan fingerprint density at radius 1 is 0.521 bits per heavy atom. The third-order valence-electron chi connectivity index (χ3n) is 6.94. The molecule has 0 saturated carbocycles. The standard InChI is InChI=1S/C9H11N3O2.C9H11N3O.C7H7N3O.C7H7N3/c13-6-7(14)5-12-9-4-2-1-3-8(9)10-11-12;1-7(13)6-12-9-5-3-2-4-8(9)10-11-12;11-5-10-7-4-2-1-3-6(7)8-9-10;1-10-7-5-3-2-4-6(7)8-9-10/h1-4,7,13-14H,5-6H2;2-5,7,13H,6H2,1H3;1-4,11H,5H2;2-5H,1H3. The normalized spacial score (nSPS) is 12.1. The van der Waals surface area contributed by atoms with E-state index in [1.54, 1.807) is 21.0 Å². The molecule has 8 rings (SSSR count). The summed E-state index contributed by atoms with van der Waals surface area (Å²) >= 11 is 0. The molecule has 0 aliphatic heterocycles. The number of aliphatic hydroxyl groups excluding tert-OH is 4. The number of benzene rings is 4. The van der Waals surface area contributed by atoms with Gasteiger partial charge in [0.1, 0.15) is 28.8 Å². The number of aryl methyl sites for hydroxylation is 1. The lowest BCUT2D eigenvalue weighted by Crippen LogP contribution is -2.20. The van der Waals surface area contributed by atoms with Crippen molar-refractivity contribution in [2.45, 2.75) is 39.0 Å². The van der Waals surface area contributed by atoms with Gasteiger partial charge in [-0.05, 0) is 55.5 Å². The van der Waals surface area contributed by atoms with Crippen molar-refractivity contribution in [2.75, 3.05) is 6.61 Å². The molecule has 0 saturated heterocycles. The maximum atomic E-state index is 9.25. The van der Waals surface area contributed by atoms with Crippen molar-refractivity contribution in [3.05, 3.63) is 97.1 Å². The highest BCUT2D eigenvalue weighted by molar-refractivity contribution is 5.75. The molecule has 2 unspecified atom stereocenters. The molecule has 2 atom stereocenters. The summed E-state index contributed by atoms with van der Waals surface area (Å²) in [5.74, 6) is 0. The second-order valence-electron chi connectivity index (χ2n) is 10.6. The highest BCUT2D eigenvalue weighted by Crippen LogP contribution is 2.11. The first-order chi connectivity index (χ1) is 23.4. The number of hydrogen-bond donors (Lipinski definition) is 4. The molecule has 48 heavy (non-hydrogen) atoms. The molecule has 16 heteroatoms. The largest absolute Gasteiger partial charge is 0.394 e. The second kappa shape index (κ2) is 16.2. The van der Waals surface area contributed by atoms with E-state index in [1.807, 2.05) is 104 Å². The number of aliphatic hydroxyl groups is 4. The Morgan fingerprint density at radius 2 is 0.896 bits per heavy atom. The van der Waals surface area contributed by atoms with Crippen LogP contribution in [0.15, 0.2) is 97.1 Å². The average Bonchev–Trinajstić information content (AvgIpc) is 3.92. The molecule has 0 aliphatic carbocycles. The van der Waals surface area contributed by atoms with Crippen molar-refractivity contribution >= 4 is 44.1 Å². The van der Waals surface area contributed by atoms with Crippen LogP contribution in [-0.4, -0.2) is 99.2 Å². The van der Waals surface area contributed by atoms with Crippen molar-refractivity contribution in [3.63, 3.8) is 0 Å². The van der Waals surface area contributed by atoms with E-state index in [2.05, 4.69) is 41.2 Å². The Hall–Kier alpha value is -5.68. The number of fused-ring (bicyclic) bond motifs is 4. The molecule has 16 nitrogen and oxygen atoms in total. The van der Waals surface area contributed by atoms with Crippen LogP contribution in [0.1, 0.15) is 6.92 Å². The van der Waals surface area contributed by atoms with Gasteiger partial charge in [0.25, 0.3) is 0 Å². The Labute approximate surface area is 274 Å². The zero-order valence-corrected chi connectivity index (χ0v) is 26.4. The highest BCUT2D eigenvalue weighted by Gasteiger charge is 2.08. The zero-order chi connectivity index (χ0) is 33.9. The van der Waals surface area contributed by atoms with E-state index in [0.29, 0.717) is 6.54 Å². The molecule has 4 heterocycles. The van der Waals surface area contributed by atoms with Crippen molar-refractivity contribution in [3.8, 4) is 0 Å². The number of rotatable bonds is 6. The van der Waals surface area contributed by atoms with Crippen LogP contribution in [0.3, 0.4) is 0 Å². The minimum atomic E-state index is -0.792. The van der Waals surface area contributed by atoms with Crippen molar-refractivity contribution in [1.82, 2.24) is 60.0 Å². The van der Waals surface area contributed by atoms with Gasteiger partial charge in [-0.1, -0.05) is 69.4 Å². The van der Waals surface area contributed by atoms with Gasteiger partial charge in [0.2, 0.25) is 0 Å². The van der Waals surface area contributed by atoms with E-state index in [0.717, 1.165) is 44.1 Å². The topological polar surface area (TPSA) is 204 Å². The molecule has 8 aromatic rings. The molecule has 0 bridgehead atoms. The second-order valence-corrected chi connectivity index (χ2v) is 10.6. The van der Waals surface area contributed by atoms with Crippen LogP contribution in [0.2, 0.25) is 0 Å². The summed E-state index contributed by atoms with van der Waals surface area (Å²) in [5.41, 5.74) is 7.16. The molecule has 0 radical (unpaired) electrons. The van der Waals surface area contributed by atoms with Crippen LogP contribution in [-0.2, 0) is 26.9 Å². The third kappa shape index (κ3) is 8.37. The lowest BCUT2D eigenvalue weighted by Gasteiger charge is -2.06. The SMILES string of the molecule is CC(O)Cn1nnc2ccccc21.Cn1nnc2ccccc21.OCC(O)Cn1nnc2ccccc21.OCn1nnc2ccccc21. The van der Waals surface area contributed by atoms with E-state index in [1.165, 1.54) is 4.68 Å². The summed E-state index contributed by atoms with van der Waals surface area (Å²) in [6.45, 7) is 2.09. The fraction of sp³-hybridized carbons (Fsp3) is 0.250. The molecular formula is C32H36N12O4. The minimum absolute atomic E-state index is 0.124. The van der Waals surface area contributed by atoms with Crippen LogP contribution in [0, 0.1) is 0 Å². The van der Waals surface area contributed by atoms with Crippen LogP contribution in [0.25, 0.3) is 44.1 Å². The van der Waals surface area contributed by atoms with Gasteiger partial charge in [0, 0.05) is 7.05 Å². The summed E-state index contributed by atoms with van der Waals surface area (Å²) in [5, 5.41) is 67.0.